The average molecular weight is 219 g/mol. The molecule has 86 valence electrons. The van der Waals surface area contributed by atoms with Crippen LogP contribution in [0.2, 0.25) is 0 Å². The molecular weight excluding hydrogens is 202 g/mol. The molecule has 1 aliphatic rings. The van der Waals surface area contributed by atoms with Crippen LogP contribution in [-0.2, 0) is 0 Å². The van der Waals surface area contributed by atoms with Crippen molar-refractivity contribution in [3.8, 4) is 5.75 Å². The minimum Gasteiger partial charge on any atom is -0.410 e. The van der Waals surface area contributed by atoms with Gasteiger partial charge in [0, 0.05) is 5.54 Å². The third kappa shape index (κ3) is 2.35. The molecule has 3 nitrogen and oxygen atoms in total. The third-order valence-electron chi connectivity index (χ3n) is 3.31. The van der Waals surface area contributed by atoms with Gasteiger partial charge in [0.25, 0.3) is 0 Å². The van der Waals surface area contributed by atoms with Crippen LogP contribution < -0.4 is 10.1 Å². The first-order valence-corrected chi connectivity index (χ1v) is 5.79. The Bertz CT molecular complexity index is 352. The number of ether oxygens (including phenoxy) is 1. The monoisotopic (exact) mass is 219 g/mol. The van der Waals surface area contributed by atoms with Crippen LogP contribution in [0.4, 0.5) is 4.79 Å². The second-order valence-corrected chi connectivity index (χ2v) is 4.32. The minimum absolute atomic E-state index is 0.00807. The van der Waals surface area contributed by atoms with Crippen molar-refractivity contribution >= 4 is 6.09 Å². The molecule has 0 unspecified atom stereocenters. The van der Waals surface area contributed by atoms with Gasteiger partial charge >= 0.3 is 6.09 Å². The van der Waals surface area contributed by atoms with Gasteiger partial charge in [-0.1, -0.05) is 25.1 Å². The Labute approximate surface area is 95.8 Å². The lowest BCUT2D eigenvalue weighted by molar-refractivity contribution is 0.146. The lowest BCUT2D eigenvalue weighted by atomic mass is 9.75. The highest BCUT2D eigenvalue weighted by molar-refractivity contribution is 5.71. The second kappa shape index (κ2) is 4.56. The largest absolute Gasteiger partial charge is 0.413 e. The highest BCUT2D eigenvalue weighted by Gasteiger charge is 2.36. The number of carbonyl (C=O) groups is 1. The fourth-order valence-corrected chi connectivity index (χ4v) is 2.01. The van der Waals surface area contributed by atoms with E-state index in [1.807, 2.05) is 18.2 Å². The topological polar surface area (TPSA) is 38.3 Å². The number of hydrogen-bond acceptors (Lipinski definition) is 2. The fraction of sp³-hybridized carbons (Fsp3) is 0.462. The van der Waals surface area contributed by atoms with E-state index in [-0.39, 0.29) is 11.6 Å². The summed E-state index contributed by atoms with van der Waals surface area (Å²) in [5.74, 6) is 0.588. The molecule has 1 aromatic rings. The molecule has 1 aromatic carbocycles. The summed E-state index contributed by atoms with van der Waals surface area (Å²) in [5.41, 5.74) is -0.00807. The molecule has 1 N–H and O–H groups in total. The maximum absolute atomic E-state index is 11.6. The van der Waals surface area contributed by atoms with E-state index in [1.54, 1.807) is 12.1 Å². The van der Waals surface area contributed by atoms with Gasteiger partial charge in [0.05, 0.1) is 0 Å². The molecule has 1 aliphatic carbocycles. The molecule has 3 heteroatoms. The molecule has 0 spiro atoms. The Morgan fingerprint density at radius 3 is 2.56 bits per heavy atom. The smallest absolute Gasteiger partial charge is 0.410 e. The van der Waals surface area contributed by atoms with Crippen LogP contribution in [0.1, 0.15) is 32.6 Å². The number of para-hydroxylation sites is 1. The van der Waals surface area contributed by atoms with Crippen LogP contribution in [0, 0.1) is 0 Å². The summed E-state index contributed by atoms with van der Waals surface area (Å²) in [7, 11) is 0. The Balaban J connectivity index is 1.89. The minimum atomic E-state index is -0.340. The van der Waals surface area contributed by atoms with Crippen LogP contribution in [0.5, 0.6) is 5.75 Å². The predicted molar refractivity (Wildman–Crippen MR) is 62.5 cm³/mol. The second-order valence-electron chi connectivity index (χ2n) is 4.32. The quantitative estimate of drug-likeness (QED) is 0.848. The van der Waals surface area contributed by atoms with Crippen LogP contribution in [0.25, 0.3) is 0 Å². The van der Waals surface area contributed by atoms with Crippen LogP contribution >= 0.6 is 0 Å². The number of amides is 1. The lowest BCUT2D eigenvalue weighted by Crippen LogP contribution is -2.53. The zero-order chi connectivity index (χ0) is 11.4. The lowest BCUT2D eigenvalue weighted by Gasteiger charge is -2.41. The molecule has 1 fully saturated rings. The fourth-order valence-electron chi connectivity index (χ4n) is 2.01. The SMILES string of the molecule is CCC1(NC(=O)Oc2ccccc2)CCC1. The maximum Gasteiger partial charge on any atom is 0.413 e. The Hall–Kier alpha value is -1.51. The zero-order valence-corrected chi connectivity index (χ0v) is 9.53. The van der Waals surface area contributed by atoms with Crippen LogP contribution in [0.3, 0.4) is 0 Å². The van der Waals surface area contributed by atoms with Gasteiger partial charge in [0.15, 0.2) is 0 Å². The van der Waals surface area contributed by atoms with Crippen molar-refractivity contribution in [3.63, 3.8) is 0 Å². The first-order chi connectivity index (χ1) is 7.74. The van der Waals surface area contributed by atoms with Gasteiger partial charge < -0.3 is 10.1 Å². The molecule has 1 saturated carbocycles. The normalized spacial score (nSPS) is 17.3. The molecule has 0 saturated heterocycles. The highest BCUT2D eigenvalue weighted by Crippen LogP contribution is 2.34. The Morgan fingerprint density at radius 2 is 2.06 bits per heavy atom. The van der Waals surface area contributed by atoms with Crippen LogP contribution in [0.15, 0.2) is 30.3 Å². The van der Waals surface area contributed by atoms with Gasteiger partial charge in [-0.3, -0.25) is 0 Å². The summed E-state index contributed by atoms with van der Waals surface area (Å²) in [6, 6.07) is 9.14. The summed E-state index contributed by atoms with van der Waals surface area (Å²) in [6.45, 7) is 2.10. The first-order valence-electron chi connectivity index (χ1n) is 5.79. The van der Waals surface area contributed by atoms with Crippen molar-refractivity contribution in [1.29, 1.82) is 0 Å². The Morgan fingerprint density at radius 1 is 1.38 bits per heavy atom. The van der Waals surface area contributed by atoms with Gasteiger partial charge in [-0.05, 0) is 37.8 Å². The molecule has 0 heterocycles. The van der Waals surface area contributed by atoms with Crippen molar-refractivity contribution in [2.45, 2.75) is 38.1 Å². The van der Waals surface area contributed by atoms with Gasteiger partial charge in [-0.15, -0.1) is 0 Å². The van der Waals surface area contributed by atoms with Crippen molar-refractivity contribution in [2.24, 2.45) is 0 Å². The highest BCUT2D eigenvalue weighted by atomic mass is 16.6. The molecule has 0 aromatic heterocycles. The van der Waals surface area contributed by atoms with E-state index in [1.165, 1.54) is 6.42 Å². The first kappa shape index (κ1) is 11.0. The average Bonchev–Trinajstić information content (AvgIpc) is 2.25. The van der Waals surface area contributed by atoms with Crippen molar-refractivity contribution in [2.75, 3.05) is 0 Å². The molecule has 0 atom stereocenters. The zero-order valence-electron chi connectivity index (χ0n) is 9.53. The van der Waals surface area contributed by atoms with Gasteiger partial charge in [-0.25, -0.2) is 4.79 Å². The molecule has 2 rings (SSSR count). The number of nitrogens with one attached hydrogen (secondary N) is 1. The molecule has 16 heavy (non-hydrogen) atoms. The molecule has 0 aliphatic heterocycles. The van der Waals surface area contributed by atoms with Gasteiger partial charge in [0.1, 0.15) is 5.75 Å². The van der Waals surface area contributed by atoms with E-state index >= 15 is 0 Å². The summed E-state index contributed by atoms with van der Waals surface area (Å²) < 4.78 is 5.20. The van der Waals surface area contributed by atoms with Gasteiger partial charge in [0.2, 0.25) is 0 Å². The third-order valence-corrected chi connectivity index (χ3v) is 3.31. The van der Waals surface area contributed by atoms with Crippen LogP contribution in [-0.4, -0.2) is 11.6 Å². The number of carbonyl (C=O) groups excluding carboxylic acids is 1. The molecule has 0 bridgehead atoms. The van der Waals surface area contributed by atoms with E-state index in [4.69, 9.17) is 4.74 Å². The maximum atomic E-state index is 11.6. The standard InChI is InChI=1S/C13H17NO2/c1-2-13(9-6-10-13)14-12(15)16-11-7-4-3-5-8-11/h3-5,7-8H,2,6,9-10H2,1H3,(H,14,15). The number of rotatable bonds is 3. The number of hydrogen-bond donors (Lipinski definition) is 1. The van der Waals surface area contributed by atoms with Crippen molar-refractivity contribution < 1.29 is 9.53 Å². The summed E-state index contributed by atoms with van der Waals surface area (Å²) in [4.78, 5) is 11.6. The molecule has 1 amide bonds. The van der Waals surface area contributed by atoms with E-state index in [0.29, 0.717) is 5.75 Å². The number of benzene rings is 1. The van der Waals surface area contributed by atoms with E-state index in [9.17, 15) is 4.79 Å². The van der Waals surface area contributed by atoms with E-state index in [0.717, 1.165) is 19.3 Å². The van der Waals surface area contributed by atoms with Crippen molar-refractivity contribution in [1.82, 2.24) is 5.32 Å². The Kier molecular flexibility index (Phi) is 3.13. The van der Waals surface area contributed by atoms with Crippen molar-refractivity contribution in [3.05, 3.63) is 30.3 Å². The van der Waals surface area contributed by atoms with E-state index < -0.39 is 0 Å². The van der Waals surface area contributed by atoms with Gasteiger partial charge in [-0.2, -0.15) is 0 Å². The predicted octanol–water partition coefficient (Wildman–Crippen LogP) is 3.11. The summed E-state index contributed by atoms with van der Waals surface area (Å²) in [5, 5.41) is 2.97. The summed E-state index contributed by atoms with van der Waals surface area (Å²) in [6.07, 6.45) is 3.95. The molecular formula is C13H17NO2. The van der Waals surface area contributed by atoms with E-state index in [2.05, 4.69) is 12.2 Å². The molecule has 0 radical (unpaired) electrons. The summed E-state index contributed by atoms with van der Waals surface area (Å²) >= 11 is 0.